The van der Waals surface area contributed by atoms with Gasteiger partial charge in [0, 0.05) is 17.6 Å². The van der Waals surface area contributed by atoms with Crippen LogP contribution < -0.4 is 5.32 Å². The van der Waals surface area contributed by atoms with Crippen LogP contribution in [0.1, 0.15) is 18.4 Å². The predicted molar refractivity (Wildman–Crippen MR) is 60.0 cm³/mol. The lowest BCUT2D eigenvalue weighted by Crippen LogP contribution is -2.15. The predicted octanol–water partition coefficient (Wildman–Crippen LogP) is 2.29. The third-order valence-corrected chi connectivity index (χ3v) is 2.49. The van der Waals surface area contributed by atoms with Crippen molar-refractivity contribution in [2.24, 2.45) is 0 Å². The van der Waals surface area contributed by atoms with Crippen molar-refractivity contribution in [2.75, 3.05) is 0 Å². The lowest BCUT2D eigenvalue weighted by molar-refractivity contribution is -0.122. The van der Waals surface area contributed by atoms with Gasteiger partial charge in [-0.05, 0) is 24.5 Å². The molecule has 1 aromatic rings. The Balaban J connectivity index is 0.000000337. The minimum absolute atomic E-state index is 0.250. The quantitative estimate of drug-likeness (QED) is 0.779. The molecule has 0 bridgehead atoms. The number of carboxylic acid groups (broad SMARTS) is 1. The first-order chi connectivity index (χ1) is 7.27. The van der Waals surface area contributed by atoms with E-state index in [9.17, 15) is 0 Å². The van der Waals surface area contributed by atoms with E-state index in [-0.39, 0.29) is 6.47 Å². The Morgan fingerprint density at radius 2 is 2.07 bits per heavy atom. The maximum absolute atomic E-state index is 8.36. The van der Waals surface area contributed by atoms with E-state index < -0.39 is 0 Å². The van der Waals surface area contributed by atoms with Crippen LogP contribution in [0.25, 0.3) is 0 Å². The molecule has 0 aliphatic heterocycles. The number of benzene rings is 1. The number of carbonyl (C=O) groups is 1. The first kappa shape index (κ1) is 12.0. The topological polar surface area (TPSA) is 49.3 Å². The first-order valence-corrected chi connectivity index (χ1v) is 5.20. The zero-order chi connectivity index (χ0) is 11.1. The summed E-state index contributed by atoms with van der Waals surface area (Å²) in [7, 11) is 0. The summed E-state index contributed by atoms with van der Waals surface area (Å²) in [5.74, 6) is 0. The molecule has 0 aromatic heterocycles. The van der Waals surface area contributed by atoms with Crippen molar-refractivity contribution in [3.8, 4) is 0 Å². The Hall–Kier alpha value is -1.06. The average molecular weight is 228 g/mol. The molecule has 0 radical (unpaired) electrons. The molecular formula is C11H14ClNO2. The van der Waals surface area contributed by atoms with Crippen molar-refractivity contribution in [3.63, 3.8) is 0 Å². The number of rotatable bonds is 3. The number of nitrogens with one attached hydrogen (secondary N) is 1. The van der Waals surface area contributed by atoms with Gasteiger partial charge in [-0.1, -0.05) is 29.8 Å². The van der Waals surface area contributed by atoms with Crippen LogP contribution in [0.4, 0.5) is 0 Å². The number of halogens is 1. The Bertz CT molecular complexity index is 313. The summed E-state index contributed by atoms with van der Waals surface area (Å²) in [6, 6.07) is 8.74. The fourth-order valence-corrected chi connectivity index (χ4v) is 1.39. The molecule has 2 N–H and O–H groups in total. The van der Waals surface area contributed by atoms with E-state index in [1.165, 1.54) is 18.4 Å². The molecule has 1 aliphatic carbocycles. The van der Waals surface area contributed by atoms with Crippen molar-refractivity contribution in [2.45, 2.75) is 25.4 Å². The highest BCUT2D eigenvalue weighted by Crippen LogP contribution is 2.21. The highest BCUT2D eigenvalue weighted by atomic mass is 35.5. The Labute approximate surface area is 94.1 Å². The fraction of sp³-hybridized carbons (Fsp3) is 0.364. The highest BCUT2D eigenvalue weighted by molar-refractivity contribution is 6.31. The molecule has 0 amide bonds. The summed E-state index contributed by atoms with van der Waals surface area (Å²) in [6.45, 7) is 0.657. The third-order valence-electron chi connectivity index (χ3n) is 2.12. The summed E-state index contributed by atoms with van der Waals surface area (Å²) in [6.07, 6.45) is 2.65. The molecule has 0 unspecified atom stereocenters. The Morgan fingerprint density at radius 1 is 1.47 bits per heavy atom. The zero-order valence-electron chi connectivity index (χ0n) is 8.32. The largest absolute Gasteiger partial charge is 0.483 e. The maximum atomic E-state index is 8.36. The summed E-state index contributed by atoms with van der Waals surface area (Å²) in [5.41, 5.74) is 1.20. The van der Waals surface area contributed by atoms with E-state index >= 15 is 0 Å². The lowest BCUT2D eigenvalue weighted by atomic mass is 10.2. The van der Waals surface area contributed by atoms with Gasteiger partial charge in [-0.2, -0.15) is 0 Å². The molecule has 1 aliphatic rings. The van der Waals surface area contributed by atoms with Crippen LogP contribution >= 0.6 is 11.6 Å². The van der Waals surface area contributed by atoms with Gasteiger partial charge in [0.2, 0.25) is 0 Å². The van der Waals surface area contributed by atoms with E-state index in [0.29, 0.717) is 0 Å². The molecule has 82 valence electrons. The third kappa shape index (κ3) is 4.81. The van der Waals surface area contributed by atoms with E-state index in [4.69, 9.17) is 21.5 Å². The van der Waals surface area contributed by atoms with Crippen LogP contribution in [-0.2, 0) is 11.3 Å². The molecule has 1 fully saturated rings. The molecule has 3 nitrogen and oxygen atoms in total. The second-order valence-corrected chi connectivity index (χ2v) is 3.76. The summed E-state index contributed by atoms with van der Waals surface area (Å²) >= 11 is 5.99. The standard InChI is InChI=1S/C10H12ClN.CH2O2/c11-10-4-2-1-3-8(10)7-12-9-5-6-9;2-1-3/h1-4,9,12H,5-7H2;1H,(H,2,3). The van der Waals surface area contributed by atoms with Crippen molar-refractivity contribution in [3.05, 3.63) is 34.9 Å². The Kier molecular flexibility index (Phi) is 5.15. The molecule has 0 spiro atoms. The van der Waals surface area contributed by atoms with E-state index in [0.717, 1.165) is 17.6 Å². The van der Waals surface area contributed by atoms with Crippen LogP contribution in [0, 0.1) is 0 Å². The molecular weight excluding hydrogens is 214 g/mol. The minimum Gasteiger partial charge on any atom is -0.483 e. The van der Waals surface area contributed by atoms with Gasteiger partial charge in [0.25, 0.3) is 6.47 Å². The number of hydrogen-bond donors (Lipinski definition) is 2. The second-order valence-electron chi connectivity index (χ2n) is 3.35. The fourth-order valence-electron chi connectivity index (χ4n) is 1.18. The van der Waals surface area contributed by atoms with Gasteiger partial charge in [0.05, 0.1) is 0 Å². The summed E-state index contributed by atoms with van der Waals surface area (Å²) < 4.78 is 0. The lowest BCUT2D eigenvalue weighted by Gasteiger charge is -2.04. The van der Waals surface area contributed by atoms with Gasteiger partial charge in [-0.15, -0.1) is 0 Å². The van der Waals surface area contributed by atoms with E-state index in [1.54, 1.807) is 0 Å². The van der Waals surface area contributed by atoms with Crippen molar-refractivity contribution in [1.29, 1.82) is 0 Å². The normalized spacial score (nSPS) is 13.9. The summed E-state index contributed by atoms with van der Waals surface area (Å²) in [4.78, 5) is 8.36. The van der Waals surface area contributed by atoms with Crippen molar-refractivity contribution < 1.29 is 9.90 Å². The molecule has 4 heteroatoms. The van der Waals surface area contributed by atoms with Crippen LogP contribution in [0.15, 0.2) is 24.3 Å². The van der Waals surface area contributed by atoms with Gasteiger partial charge in [0.1, 0.15) is 0 Å². The highest BCUT2D eigenvalue weighted by Gasteiger charge is 2.20. The molecule has 0 saturated heterocycles. The first-order valence-electron chi connectivity index (χ1n) is 4.82. The average Bonchev–Trinajstić information content (AvgIpc) is 3.02. The van der Waals surface area contributed by atoms with Crippen LogP contribution in [0.3, 0.4) is 0 Å². The van der Waals surface area contributed by atoms with Gasteiger partial charge in [-0.3, -0.25) is 4.79 Å². The number of hydrogen-bond acceptors (Lipinski definition) is 2. The second kappa shape index (κ2) is 6.43. The van der Waals surface area contributed by atoms with Crippen molar-refractivity contribution in [1.82, 2.24) is 5.32 Å². The summed E-state index contributed by atoms with van der Waals surface area (Å²) in [5, 5.41) is 11.2. The van der Waals surface area contributed by atoms with E-state index in [1.807, 2.05) is 18.2 Å². The van der Waals surface area contributed by atoms with Crippen LogP contribution in [-0.4, -0.2) is 17.6 Å². The minimum atomic E-state index is -0.250. The molecule has 0 heterocycles. The van der Waals surface area contributed by atoms with Crippen LogP contribution in [0.5, 0.6) is 0 Å². The molecule has 1 saturated carbocycles. The van der Waals surface area contributed by atoms with Gasteiger partial charge in [0.15, 0.2) is 0 Å². The zero-order valence-corrected chi connectivity index (χ0v) is 9.07. The smallest absolute Gasteiger partial charge is 0.290 e. The Morgan fingerprint density at radius 3 is 2.60 bits per heavy atom. The van der Waals surface area contributed by atoms with E-state index in [2.05, 4.69) is 11.4 Å². The monoisotopic (exact) mass is 227 g/mol. The molecule has 15 heavy (non-hydrogen) atoms. The molecule has 1 aromatic carbocycles. The van der Waals surface area contributed by atoms with Gasteiger partial charge >= 0.3 is 0 Å². The molecule has 2 rings (SSSR count). The SMILES string of the molecule is Clc1ccccc1CNC1CC1.O=CO. The van der Waals surface area contributed by atoms with Gasteiger partial charge in [-0.25, -0.2) is 0 Å². The van der Waals surface area contributed by atoms with Gasteiger partial charge < -0.3 is 10.4 Å². The molecule has 0 atom stereocenters. The van der Waals surface area contributed by atoms with Crippen LogP contribution in [0.2, 0.25) is 5.02 Å². The van der Waals surface area contributed by atoms with Crippen molar-refractivity contribution >= 4 is 18.1 Å². The maximum Gasteiger partial charge on any atom is 0.290 e.